The molecule has 0 saturated heterocycles. The minimum absolute atomic E-state index is 0.0280. The summed E-state index contributed by atoms with van der Waals surface area (Å²) in [5.41, 5.74) is -0.624. The number of nitrogens with one attached hydrogen (secondary N) is 2. The number of hydrogen-bond donors (Lipinski definition) is 3. The topological polar surface area (TPSA) is 95.1 Å². The van der Waals surface area contributed by atoms with E-state index in [4.69, 9.17) is 5.11 Å². The van der Waals surface area contributed by atoms with Crippen LogP contribution in [-0.4, -0.2) is 23.7 Å². The molecule has 10 heteroatoms. The van der Waals surface area contributed by atoms with E-state index in [1.165, 1.54) is 6.92 Å². The quantitative estimate of drug-likeness (QED) is 0.742. The average molecular weight is 321 g/mol. The molecule has 0 radical (unpaired) electrons. The number of rotatable bonds is 4. The molecule has 0 aliphatic rings. The fraction of sp³-hybridized carbons (Fsp3) is 0.182. The number of anilines is 1. The van der Waals surface area contributed by atoms with Crippen LogP contribution in [0.4, 0.5) is 18.9 Å². The van der Waals surface area contributed by atoms with Gasteiger partial charge in [0.2, 0.25) is 5.03 Å². The lowest BCUT2D eigenvalue weighted by molar-refractivity contribution is 0.277. The number of aromatic nitrogens is 2. The van der Waals surface area contributed by atoms with Gasteiger partial charge in [-0.25, -0.2) is 13.2 Å². The van der Waals surface area contributed by atoms with Gasteiger partial charge in [0, 0.05) is 23.4 Å². The van der Waals surface area contributed by atoms with E-state index >= 15 is 0 Å². The van der Waals surface area contributed by atoms with Gasteiger partial charge in [-0.1, -0.05) is 0 Å². The smallest absolute Gasteiger partial charge is 0.281 e. The van der Waals surface area contributed by atoms with E-state index in [0.717, 1.165) is 0 Å². The maximum atomic E-state index is 13.5. The summed E-state index contributed by atoms with van der Waals surface area (Å²) in [5, 5.41) is 14.4. The predicted molar refractivity (Wildman–Crippen MR) is 66.4 cm³/mol. The minimum atomic E-state index is -4.42. The standard InChI is InChI=1S/C11H10F3N3O3S/c1-5-7(4-18)11(16-15-5)21(19,20)17-9-3-6(12)2-8(13)10(9)14/h2-3,17-18H,4H2,1H3,(H,15,16). The first-order chi connectivity index (χ1) is 9.76. The second-order valence-electron chi connectivity index (χ2n) is 4.15. The summed E-state index contributed by atoms with van der Waals surface area (Å²) in [6.07, 6.45) is 0. The predicted octanol–water partition coefficient (Wildman–Crippen LogP) is 1.43. The number of aryl methyl sites for hydroxylation is 1. The van der Waals surface area contributed by atoms with E-state index in [-0.39, 0.29) is 11.6 Å². The lowest BCUT2D eigenvalue weighted by Gasteiger charge is -2.08. The highest BCUT2D eigenvalue weighted by Gasteiger charge is 2.25. The number of aromatic amines is 1. The summed E-state index contributed by atoms with van der Waals surface area (Å²) in [6.45, 7) is 0.846. The highest BCUT2D eigenvalue weighted by Crippen LogP contribution is 2.24. The first kappa shape index (κ1) is 15.3. The van der Waals surface area contributed by atoms with E-state index in [1.54, 1.807) is 4.72 Å². The van der Waals surface area contributed by atoms with Crippen molar-refractivity contribution >= 4 is 15.7 Å². The van der Waals surface area contributed by atoms with Crippen LogP contribution < -0.4 is 4.72 Å². The van der Waals surface area contributed by atoms with E-state index in [0.29, 0.717) is 11.8 Å². The molecule has 0 fully saturated rings. The van der Waals surface area contributed by atoms with Crippen molar-refractivity contribution in [2.75, 3.05) is 4.72 Å². The molecule has 3 N–H and O–H groups in total. The van der Waals surface area contributed by atoms with Crippen LogP contribution >= 0.6 is 0 Å². The first-order valence-electron chi connectivity index (χ1n) is 5.58. The Hall–Kier alpha value is -2.07. The van der Waals surface area contributed by atoms with Crippen molar-refractivity contribution in [3.8, 4) is 0 Å². The molecule has 0 bridgehead atoms. The molecule has 2 aromatic rings. The number of sulfonamides is 1. The maximum absolute atomic E-state index is 13.5. The number of hydrogen-bond acceptors (Lipinski definition) is 4. The zero-order valence-corrected chi connectivity index (χ0v) is 11.4. The van der Waals surface area contributed by atoms with Crippen LogP contribution in [0.2, 0.25) is 0 Å². The van der Waals surface area contributed by atoms with Crippen molar-refractivity contribution in [2.24, 2.45) is 0 Å². The molecule has 0 amide bonds. The highest BCUT2D eigenvalue weighted by atomic mass is 32.2. The minimum Gasteiger partial charge on any atom is -0.392 e. The Morgan fingerprint density at radius 3 is 2.62 bits per heavy atom. The summed E-state index contributed by atoms with van der Waals surface area (Å²) in [7, 11) is -4.42. The van der Waals surface area contributed by atoms with E-state index in [1.807, 2.05) is 0 Å². The Bertz CT molecular complexity index is 789. The van der Waals surface area contributed by atoms with Crippen LogP contribution in [-0.2, 0) is 16.6 Å². The molecule has 0 unspecified atom stereocenters. The Labute approximate surface area is 117 Å². The van der Waals surface area contributed by atoms with Crippen LogP contribution in [0.5, 0.6) is 0 Å². The fourth-order valence-corrected chi connectivity index (χ4v) is 2.90. The SMILES string of the molecule is Cc1[nH]nc(S(=O)(=O)Nc2cc(F)cc(F)c2F)c1CO. The van der Waals surface area contributed by atoms with Crippen LogP contribution in [0.3, 0.4) is 0 Å². The normalized spacial score (nSPS) is 11.7. The largest absolute Gasteiger partial charge is 0.392 e. The molecular weight excluding hydrogens is 311 g/mol. The Balaban J connectivity index is 2.47. The molecule has 0 aliphatic heterocycles. The second kappa shape index (κ2) is 5.37. The molecule has 6 nitrogen and oxygen atoms in total. The van der Waals surface area contributed by atoms with Crippen molar-refractivity contribution in [1.29, 1.82) is 0 Å². The van der Waals surface area contributed by atoms with Gasteiger partial charge >= 0.3 is 0 Å². The van der Waals surface area contributed by atoms with E-state index in [9.17, 15) is 21.6 Å². The van der Waals surface area contributed by atoms with E-state index < -0.39 is 44.8 Å². The van der Waals surface area contributed by atoms with Gasteiger partial charge in [0.05, 0.1) is 12.3 Å². The highest BCUT2D eigenvalue weighted by molar-refractivity contribution is 7.92. The number of nitrogens with zero attached hydrogens (tertiary/aromatic N) is 1. The molecule has 1 heterocycles. The van der Waals surface area contributed by atoms with Crippen molar-refractivity contribution in [1.82, 2.24) is 10.2 Å². The van der Waals surface area contributed by atoms with Crippen LogP contribution in [0.1, 0.15) is 11.3 Å². The third kappa shape index (κ3) is 2.85. The molecule has 21 heavy (non-hydrogen) atoms. The van der Waals surface area contributed by atoms with Gasteiger partial charge in [-0.15, -0.1) is 0 Å². The third-order valence-electron chi connectivity index (χ3n) is 2.69. The summed E-state index contributed by atoms with van der Waals surface area (Å²) in [6, 6.07) is 0.777. The zero-order valence-electron chi connectivity index (χ0n) is 10.6. The second-order valence-corrected chi connectivity index (χ2v) is 5.74. The van der Waals surface area contributed by atoms with Crippen LogP contribution in [0.15, 0.2) is 17.2 Å². The molecule has 0 atom stereocenters. The molecule has 1 aromatic heterocycles. The molecule has 1 aromatic carbocycles. The summed E-state index contributed by atoms with van der Waals surface area (Å²) >= 11 is 0. The molecular formula is C11H10F3N3O3S. The Kier molecular flexibility index (Phi) is 3.92. The van der Waals surface area contributed by atoms with Crippen molar-refractivity contribution in [3.05, 3.63) is 40.8 Å². The van der Waals surface area contributed by atoms with Gasteiger partial charge < -0.3 is 5.11 Å². The monoisotopic (exact) mass is 321 g/mol. The zero-order chi connectivity index (χ0) is 15.8. The van der Waals surface area contributed by atoms with Crippen LogP contribution in [0, 0.1) is 24.4 Å². The molecule has 114 valence electrons. The van der Waals surface area contributed by atoms with Gasteiger partial charge in [-0.2, -0.15) is 13.5 Å². The van der Waals surface area contributed by atoms with Gasteiger partial charge in [0.25, 0.3) is 10.0 Å². The van der Waals surface area contributed by atoms with Gasteiger partial charge in [-0.3, -0.25) is 9.82 Å². The Morgan fingerprint density at radius 1 is 1.33 bits per heavy atom. The van der Waals surface area contributed by atoms with Gasteiger partial charge in [-0.05, 0) is 6.92 Å². The lowest BCUT2D eigenvalue weighted by Crippen LogP contribution is -2.17. The third-order valence-corrected chi connectivity index (χ3v) is 4.02. The number of benzene rings is 1. The molecule has 0 aliphatic carbocycles. The van der Waals surface area contributed by atoms with Crippen molar-refractivity contribution in [3.63, 3.8) is 0 Å². The molecule has 2 rings (SSSR count). The first-order valence-corrected chi connectivity index (χ1v) is 7.06. The molecule has 0 saturated carbocycles. The number of H-pyrrole nitrogens is 1. The number of halogens is 3. The maximum Gasteiger partial charge on any atom is 0.281 e. The van der Waals surface area contributed by atoms with Gasteiger partial charge in [0.1, 0.15) is 5.82 Å². The Morgan fingerprint density at radius 2 is 2.00 bits per heavy atom. The fourth-order valence-electron chi connectivity index (χ4n) is 1.66. The summed E-state index contributed by atoms with van der Waals surface area (Å²) < 4.78 is 65.4. The van der Waals surface area contributed by atoms with Gasteiger partial charge in [0.15, 0.2) is 11.6 Å². The molecule has 0 spiro atoms. The number of aliphatic hydroxyl groups is 1. The summed E-state index contributed by atoms with van der Waals surface area (Å²) in [4.78, 5) is 0. The lowest BCUT2D eigenvalue weighted by atomic mass is 10.3. The van der Waals surface area contributed by atoms with Crippen LogP contribution in [0.25, 0.3) is 0 Å². The van der Waals surface area contributed by atoms with Crippen molar-refractivity contribution in [2.45, 2.75) is 18.6 Å². The average Bonchev–Trinajstić information content (AvgIpc) is 2.77. The van der Waals surface area contributed by atoms with E-state index in [2.05, 4.69) is 10.2 Å². The summed E-state index contributed by atoms with van der Waals surface area (Å²) in [5.74, 6) is -4.22. The van der Waals surface area contributed by atoms with Crippen molar-refractivity contribution < 1.29 is 26.7 Å². The number of aliphatic hydroxyl groups excluding tert-OH is 1.